The van der Waals surface area contributed by atoms with Gasteiger partial charge in [0.25, 0.3) is 5.91 Å². The normalized spacial score (nSPS) is 17.6. The van der Waals surface area contributed by atoms with Crippen LogP contribution in [0.3, 0.4) is 0 Å². The molecule has 4 rings (SSSR count). The van der Waals surface area contributed by atoms with Crippen LogP contribution in [0.2, 0.25) is 0 Å². The lowest BCUT2D eigenvalue weighted by Gasteiger charge is -2.32. The molecule has 0 spiro atoms. The molecule has 1 aromatic heterocycles. The Labute approximate surface area is 165 Å². The summed E-state index contributed by atoms with van der Waals surface area (Å²) < 4.78 is 1.62. The van der Waals surface area contributed by atoms with Gasteiger partial charge >= 0.3 is 0 Å². The van der Waals surface area contributed by atoms with Gasteiger partial charge in [0.2, 0.25) is 5.91 Å². The quantitative estimate of drug-likeness (QED) is 0.872. The molecule has 0 atom stereocenters. The monoisotopic (exact) mass is 381 g/mol. The van der Waals surface area contributed by atoms with Crippen molar-refractivity contribution in [2.45, 2.75) is 32.2 Å². The molecular weight excluding hydrogens is 354 g/mol. The number of nitrogens with zero attached hydrogens (tertiary/aromatic N) is 4. The van der Waals surface area contributed by atoms with E-state index < -0.39 is 0 Å². The maximum Gasteiger partial charge on any atom is 0.269 e. The third kappa shape index (κ3) is 3.80. The number of hydrogen-bond acceptors (Lipinski definition) is 4. The fourth-order valence-corrected chi connectivity index (χ4v) is 4.19. The summed E-state index contributed by atoms with van der Waals surface area (Å²) in [6.45, 7) is 4.73. The zero-order chi connectivity index (χ0) is 19.7. The van der Waals surface area contributed by atoms with E-state index in [1.54, 1.807) is 17.8 Å². The Morgan fingerprint density at radius 2 is 1.93 bits per heavy atom. The van der Waals surface area contributed by atoms with Crippen LogP contribution >= 0.6 is 0 Å². The fraction of sp³-hybridized carbons (Fsp3) is 0.476. The Kier molecular flexibility index (Phi) is 5.17. The average molecular weight is 381 g/mol. The lowest BCUT2D eigenvalue weighted by molar-refractivity contribution is -0.119. The zero-order valence-corrected chi connectivity index (χ0v) is 16.5. The van der Waals surface area contributed by atoms with Crippen molar-refractivity contribution in [1.29, 1.82) is 0 Å². The summed E-state index contributed by atoms with van der Waals surface area (Å²) in [4.78, 5) is 29.3. The number of amides is 2. The van der Waals surface area contributed by atoms with Gasteiger partial charge in [-0.3, -0.25) is 19.2 Å². The van der Waals surface area contributed by atoms with Gasteiger partial charge in [-0.05, 0) is 43.9 Å². The molecule has 7 heteroatoms. The molecule has 2 aliphatic heterocycles. The minimum Gasteiger partial charge on any atom is -0.348 e. The summed E-state index contributed by atoms with van der Waals surface area (Å²) >= 11 is 0. The molecule has 1 saturated heterocycles. The molecule has 0 aliphatic carbocycles. The minimum absolute atomic E-state index is 0.0775. The standard InChI is InChI=1S/C21H27N5O2/c1-15-13-19(24(2)23-15)21(28)22-17-8-10-25(11-9-17)14-20(27)26-12-7-16-5-3-4-6-18(16)26/h3-6,13,17H,7-12,14H2,1-2H3,(H,22,28). The molecule has 28 heavy (non-hydrogen) atoms. The van der Waals surface area contributed by atoms with Crippen molar-refractivity contribution < 1.29 is 9.59 Å². The largest absolute Gasteiger partial charge is 0.348 e. The van der Waals surface area contributed by atoms with Crippen molar-refractivity contribution in [1.82, 2.24) is 20.0 Å². The molecular formula is C21H27N5O2. The highest BCUT2D eigenvalue weighted by Gasteiger charge is 2.28. The lowest BCUT2D eigenvalue weighted by Crippen LogP contribution is -2.48. The maximum atomic E-state index is 12.8. The van der Waals surface area contributed by atoms with Crippen LogP contribution in [-0.4, -0.2) is 58.7 Å². The number of carbonyl (C=O) groups excluding carboxylic acids is 2. The molecule has 2 amide bonds. The maximum absolute atomic E-state index is 12.8. The summed E-state index contributed by atoms with van der Waals surface area (Å²) in [5, 5.41) is 7.34. The molecule has 2 aromatic rings. The summed E-state index contributed by atoms with van der Waals surface area (Å²) in [6, 6.07) is 10.1. The summed E-state index contributed by atoms with van der Waals surface area (Å²) in [5.41, 5.74) is 3.73. The Hall–Kier alpha value is -2.67. The Morgan fingerprint density at radius 3 is 2.64 bits per heavy atom. The van der Waals surface area contributed by atoms with Crippen LogP contribution in [0.1, 0.15) is 34.6 Å². The van der Waals surface area contributed by atoms with Gasteiger partial charge in [-0.1, -0.05) is 18.2 Å². The highest BCUT2D eigenvalue weighted by atomic mass is 16.2. The number of carbonyl (C=O) groups is 2. The van der Waals surface area contributed by atoms with Gasteiger partial charge in [0.15, 0.2) is 0 Å². The third-order valence-electron chi connectivity index (χ3n) is 5.70. The second-order valence-corrected chi connectivity index (χ2v) is 7.74. The molecule has 148 valence electrons. The summed E-state index contributed by atoms with van der Waals surface area (Å²) in [7, 11) is 1.78. The van der Waals surface area contributed by atoms with Crippen LogP contribution in [0, 0.1) is 6.92 Å². The van der Waals surface area contributed by atoms with Gasteiger partial charge in [-0.25, -0.2) is 0 Å². The number of piperidine rings is 1. The van der Waals surface area contributed by atoms with Crippen molar-refractivity contribution in [3.63, 3.8) is 0 Å². The molecule has 3 heterocycles. The van der Waals surface area contributed by atoms with Gasteiger partial charge in [0.05, 0.1) is 12.2 Å². The van der Waals surface area contributed by atoms with Gasteiger partial charge in [0, 0.05) is 38.4 Å². The van der Waals surface area contributed by atoms with Gasteiger partial charge in [-0.2, -0.15) is 5.10 Å². The van der Waals surface area contributed by atoms with Crippen molar-refractivity contribution >= 4 is 17.5 Å². The average Bonchev–Trinajstić information content (AvgIpc) is 3.26. The smallest absolute Gasteiger partial charge is 0.269 e. The van der Waals surface area contributed by atoms with Gasteiger partial charge in [-0.15, -0.1) is 0 Å². The first-order valence-electron chi connectivity index (χ1n) is 9.93. The van der Waals surface area contributed by atoms with Gasteiger partial charge < -0.3 is 10.2 Å². The fourth-order valence-electron chi connectivity index (χ4n) is 4.19. The second-order valence-electron chi connectivity index (χ2n) is 7.74. The van der Waals surface area contributed by atoms with E-state index in [-0.39, 0.29) is 17.9 Å². The number of likely N-dealkylation sites (tertiary alicyclic amines) is 1. The van der Waals surface area contributed by atoms with E-state index in [0.717, 1.165) is 50.3 Å². The number of hydrogen-bond donors (Lipinski definition) is 1. The van der Waals surface area contributed by atoms with Crippen LogP contribution in [-0.2, 0) is 18.3 Å². The van der Waals surface area contributed by atoms with Crippen LogP contribution in [0.4, 0.5) is 5.69 Å². The number of aryl methyl sites for hydroxylation is 2. The zero-order valence-electron chi connectivity index (χ0n) is 16.5. The van der Waals surface area contributed by atoms with Crippen LogP contribution in [0.15, 0.2) is 30.3 Å². The molecule has 0 radical (unpaired) electrons. The molecule has 2 aliphatic rings. The number of aromatic nitrogens is 2. The topological polar surface area (TPSA) is 70.5 Å². The van der Waals surface area contributed by atoms with E-state index in [2.05, 4.69) is 21.4 Å². The number of anilines is 1. The first-order valence-corrected chi connectivity index (χ1v) is 9.93. The number of rotatable bonds is 4. The van der Waals surface area contributed by atoms with E-state index in [0.29, 0.717) is 12.2 Å². The number of benzene rings is 1. The number of fused-ring (bicyclic) bond motifs is 1. The number of nitrogens with one attached hydrogen (secondary N) is 1. The first kappa shape index (κ1) is 18.7. The highest BCUT2D eigenvalue weighted by Crippen LogP contribution is 2.27. The van der Waals surface area contributed by atoms with Crippen LogP contribution in [0.5, 0.6) is 0 Å². The molecule has 1 N–H and O–H groups in total. The molecule has 0 unspecified atom stereocenters. The SMILES string of the molecule is Cc1cc(C(=O)NC2CCN(CC(=O)N3CCc4ccccc43)CC2)n(C)n1. The van der Waals surface area contributed by atoms with Crippen LogP contribution in [0.25, 0.3) is 0 Å². The minimum atomic E-state index is -0.0775. The predicted octanol–water partition coefficient (Wildman–Crippen LogP) is 1.51. The van der Waals surface area contributed by atoms with Crippen molar-refractivity contribution in [3.8, 4) is 0 Å². The van der Waals surface area contributed by atoms with E-state index in [9.17, 15) is 9.59 Å². The molecule has 1 fully saturated rings. The molecule has 7 nitrogen and oxygen atoms in total. The van der Waals surface area contributed by atoms with Crippen molar-refractivity contribution in [2.75, 3.05) is 31.1 Å². The molecule has 0 bridgehead atoms. The van der Waals surface area contributed by atoms with Crippen molar-refractivity contribution in [2.24, 2.45) is 7.05 Å². The first-order chi connectivity index (χ1) is 13.5. The van der Waals surface area contributed by atoms with E-state index >= 15 is 0 Å². The summed E-state index contributed by atoms with van der Waals surface area (Å²) in [6.07, 6.45) is 2.64. The van der Waals surface area contributed by atoms with E-state index in [1.807, 2.05) is 30.0 Å². The Morgan fingerprint density at radius 1 is 1.18 bits per heavy atom. The second kappa shape index (κ2) is 7.75. The summed E-state index contributed by atoms with van der Waals surface area (Å²) in [5.74, 6) is 0.0871. The lowest BCUT2D eigenvalue weighted by atomic mass is 10.0. The third-order valence-corrected chi connectivity index (χ3v) is 5.70. The van der Waals surface area contributed by atoms with Crippen LogP contribution < -0.4 is 10.2 Å². The van der Waals surface area contributed by atoms with E-state index in [1.165, 1.54) is 5.56 Å². The van der Waals surface area contributed by atoms with Gasteiger partial charge in [0.1, 0.15) is 5.69 Å². The molecule has 0 saturated carbocycles. The Bertz CT molecular complexity index is 883. The predicted molar refractivity (Wildman–Crippen MR) is 107 cm³/mol. The van der Waals surface area contributed by atoms with Crippen molar-refractivity contribution in [3.05, 3.63) is 47.3 Å². The highest BCUT2D eigenvalue weighted by molar-refractivity contribution is 5.96. The number of para-hydroxylation sites is 1. The van der Waals surface area contributed by atoms with E-state index in [4.69, 9.17) is 0 Å². The Balaban J connectivity index is 1.27. The molecule has 1 aromatic carbocycles.